The summed E-state index contributed by atoms with van der Waals surface area (Å²) in [6, 6.07) is 5.45. The molecule has 0 unspecified atom stereocenters. The molecule has 0 aliphatic heterocycles. The lowest BCUT2D eigenvalue weighted by atomic mass is 10.1. The summed E-state index contributed by atoms with van der Waals surface area (Å²) in [6.07, 6.45) is 0. The Morgan fingerprint density at radius 2 is 2.05 bits per heavy atom. The molecule has 0 radical (unpaired) electrons. The van der Waals surface area contributed by atoms with Gasteiger partial charge in [-0.1, -0.05) is 11.6 Å². The number of halogens is 1. The average Bonchev–Trinajstić information content (AvgIpc) is 2.27. The van der Waals surface area contributed by atoms with Gasteiger partial charge >= 0.3 is 5.97 Å². The van der Waals surface area contributed by atoms with Gasteiger partial charge in [0, 0.05) is 5.02 Å². The van der Waals surface area contributed by atoms with E-state index in [1.165, 1.54) is 26.0 Å². The minimum Gasteiger partial charge on any atom is -0.480 e. The van der Waals surface area contributed by atoms with Crippen molar-refractivity contribution in [2.24, 2.45) is 0 Å². The van der Waals surface area contributed by atoms with Crippen molar-refractivity contribution in [2.45, 2.75) is 24.3 Å². The number of hydrogen-bond acceptors (Lipinski definition) is 4. The van der Waals surface area contributed by atoms with Crippen LogP contribution in [-0.4, -0.2) is 25.0 Å². The zero-order valence-electron chi connectivity index (χ0n) is 10.1. The van der Waals surface area contributed by atoms with E-state index in [2.05, 4.69) is 0 Å². The van der Waals surface area contributed by atoms with E-state index < -0.39 is 21.5 Å². The number of carbonyl (C=O) groups is 1. The number of nitrogens with zero attached hydrogens (tertiary/aromatic N) is 1. The van der Waals surface area contributed by atoms with Crippen molar-refractivity contribution in [1.82, 2.24) is 4.72 Å². The number of hydrogen-bond donors (Lipinski definition) is 2. The van der Waals surface area contributed by atoms with Crippen molar-refractivity contribution < 1.29 is 18.3 Å². The lowest BCUT2D eigenvalue weighted by Crippen LogP contribution is -2.49. The molecular weight excluding hydrogens is 292 g/mol. The molecule has 0 atom stereocenters. The third-order valence-electron chi connectivity index (χ3n) is 2.28. The van der Waals surface area contributed by atoms with Crippen molar-refractivity contribution in [3.8, 4) is 6.07 Å². The Balaban J connectivity index is 3.34. The summed E-state index contributed by atoms with van der Waals surface area (Å²) in [6.45, 7) is 2.40. The topological polar surface area (TPSA) is 107 Å². The van der Waals surface area contributed by atoms with Crippen LogP contribution in [0.3, 0.4) is 0 Å². The summed E-state index contributed by atoms with van der Waals surface area (Å²) in [5.41, 5.74) is -1.81. The first-order valence-electron chi connectivity index (χ1n) is 5.07. The smallest absolute Gasteiger partial charge is 0.324 e. The maximum Gasteiger partial charge on any atom is 0.324 e. The molecule has 19 heavy (non-hydrogen) atoms. The van der Waals surface area contributed by atoms with Gasteiger partial charge in [0.2, 0.25) is 10.0 Å². The highest BCUT2D eigenvalue weighted by molar-refractivity contribution is 7.89. The molecule has 0 aliphatic carbocycles. The molecule has 0 aromatic heterocycles. The predicted octanol–water partition coefficient (Wildman–Crippen LogP) is 1.35. The second-order valence-electron chi connectivity index (χ2n) is 4.29. The van der Waals surface area contributed by atoms with E-state index in [4.69, 9.17) is 22.0 Å². The second-order valence-corrected chi connectivity index (χ2v) is 6.38. The van der Waals surface area contributed by atoms with Gasteiger partial charge in [-0.05, 0) is 32.0 Å². The van der Waals surface area contributed by atoms with Gasteiger partial charge in [-0.3, -0.25) is 4.79 Å². The summed E-state index contributed by atoms with van der Waals surface area (Å²) < 4.78 is 26.2. The van der Waals surface area contributed by atoms with Gasteiger partial charge in [-0.2, -0.15) is 9.98 Å². The highest BCUT2D eigenvalue weighted by Crippen LogP contribution is 2.21. The fraction of sp³-hybridized carbons (Fsp3) is 0.273. The summed E-state index contributed by atoms with van der Waals surface area (Å²) in [7, 11) is -4.17. The maximum atomic E-state index is 12.1. The summed E-state index contributed by atoms with van der Waals surface area (Å²) in [5.74, 6) is -1.34. The van der Waals surface area contributed by atoms with E-state index in [1.807, 2.05) is 4.72 Å². The molecule has 0 bridgehead atoms. The van der Waals surface area contributed by atoms with Crippen molar-refractivity contribution >= 4 is 27.6 Å². The normalized spacial score (nSPS) is 11.9. The van der Waals surface area contributed by atoms with Gasteiger partial charge in [-0.25, -0.2) is 8.42 Å². The molecule has 8 heteroatoms. The van der Waals surface area contributed by atoms with Crippen LogP contribution in [0.2, 0.25) is 5.02 Å². The van der Waals surface area contributed by atoms with Crippen molar-refractivity contribution in [1.29, 1.82) is 5.26 Å². The quantitative estimate of drug-likeness (QED) is 0.873. The highest BCUT2D eigenvalue weighted by Gasteiger charge is 2.34. The number of nitriles is 1. The fourth-order valence-corrected chi connectivity index (χ4v) is 3.04. The second kappa shape index (κ2) is 5.17. The first kappa shape index (κ1) is 15.4. The average molecular weight is 303 g/mol. The molecule has 1 rings (SSSR count). The third-order valence-corrected chi connectivity index (χ3v) is 4.21. The molecule has 6 nitrogen and oxygen atoms in total. The van der Waals surface area contributed by atoms with E-state index in [0.717, 1.165) is 6.07 Å². The number of benzene rings is 1. The van der Waals surface area contributed by atoms with Gasteiger partial charge < -0.3 is 5.11 Å². The van der Waals surface area contributed by atoms with Crippen LogP contribution in [-0.2, 0) is 14.8 Å². The van der Waals surface area contributed by atoms with E-state index in [9.17, 15) is 13.2 Å². The Kier molecular flexibility index (Phi) is 4.20. The minimum absolute atomic E-state index is 0.113. The highest BCUT2D eigenvalue weighted by atomic mass is 35.5. The summed E-state index contributed by atoms with van der Waals surface area (Å²) in [5, 5.41) is 17.9. The van der Waals surface area contributed by atoms with Crippen molar-refractivity contribution in [3.63, 3.8) is 0 Å². The molecule has 0 aliphatic rings. The van der Waals surface area contributed by atoms with Crippen LogP contribution in [0.1, 0.15) is 19.4 Å². The molecule has 1 aromatic rings. The molecule has 0 fully saturated rings. The fourth-order valence-electron chi connectivity index (χ4n) is 1.25. The van der Waals surface area contributed by atoms with Crippen molar-refractivity contribution in [2.75, 3.05) is 0 Å². The zero-order valence-corrected chi connectivity index (χ0v) is 11.7. The van der Waals surface area contributed by atoms with Gasteiger partial charge in [0.25, 0.3) is 0 Å². The molecule has 0 saturated heterocycles. The monoisotopic (exact) mass is 302 g/mol. The van der Waals surface area contributed by atoms with Crippen LogP contribution in [0.25, 0.3) is 0 Å². The number of carboxylic acids is 1. The standard InChI is InChI=1S/C11H11ClN2O4S/c1-11(2,10(15)16)14-19(17,18)9-5-8(12)4-3-7(9)6-13/h3-5,14H,1-2H3,(H,15,16). The maximum absolute atomic E-state index is 12.1. The number of aliphatic carboxylic acids is 1. The van der Waals surface area contributed by atoms with Gasteiger partial charge in [0.1, 0.15) is 16.5 Å². The van der Waals surface area contributed by atoms with Crippen LogP contribution < -0.4 is 4.72 Å². The summed E-state index contributed by atoms with van der Waals surface area (Å²) in [4.78, 5) is 10.6. The first-order valence-corrected chi connectivity index (χ1v) is 6.93. The molecule has 0 heterocycles. The lowest BCUT2D eigenvalue weighted by molar-refractivity contribution is -0.142. The molecule has 0 amide bonds. The number of rotatable bonds is 4. The lowest BCUT2D eigenvalue weighted by Gasteiger charge is -2.21. The first-order chi connectivity index (χ1) is 8.60. The van der Waals surface area contributed by atoms with Gasteiger partial charge in [-0.15, -0.1) is 0 Å². The Morgan fingerprint density at radius 3 is 2.53 bits per heavy atom. The summed E-state index contributed by atoms with van der Waals surface area (Å²) >= 11 is 5.70. The van der Waals surface area contributed by atoms with Crippen LogP contribution in [0.4, 0.5) is 0 Å². The SMILES string of the molecule is CC(C)(NS(=O)(=O)c1cc(Cl)ccc1C#N)C(=O)O. The van der Waals surface area contributed by atoms with E-state index in [1.54, 1.807) is 6.07 Å². The zero-order chi connectivity index (χ0) is 14.8. The Hall–Kier alpha value is -1.62. The van der Waals surface area contributed by atoms with Crippen LogP contribution in [0.15, 0.2) is 23.1 Å². The van der Waals surface area contributed by atoms with Crippen LogP contribution >= 0.6 is 11.6 Å². The van der Waals surface area contributed by atoms with E-state index in [0.29, 0.717) is 0 Å². The van der Waals surface area contributed by atoms with Crippen LogP contribution in [0.5, 0.6) is 0 Å². The number of nitrogens with one attached hydrogen (secondary N) is 1. The Bertz CT molecular complexity index is 662. The van der Waals surface area contributed by atoms with Crippen LogP contribution in [0, 0.1) is 11.3 Å². The Morgan fingerprint density at radius 1 is 1.47 bits per heavy atom. The number of carboxylic acid groups (broad SMARTS) is 1. The largest absolute Gasteiger partial charge is 0.480 e. The molecule has 102 valence electrons. The molecule has 0 spiro atoms. The van der Waals surface area contributed by atoms with E-state index in [-0.39, 0.29) is 15.5 Å². The predicted molar refractivity (Wildman–Crippen MR) is 68.2 cm³/mol. The minimum atomic E-state index is -4.17. The number of sulfonamides is 1. The molecular formula is C11H11ClN2O4S. The molecule has 1 aromatic carbocycles. The molecule has 0 saturated carbocycles. The van der Waals surface area contributed by atoms with Gasteiger partial charge in [0.05, 0.1) is 5.56 Å². The van der Waals surface area contributed by atoms with Gasteiger partial charge in [0.15, 0.2) is 0 Å². The molecule has 2 N–H and O–H groups in total. The van der Waals surface area contributed by atoms with Crippen molar-refractivity contribution in [3.05, 3.63) is 28.8 Å². The van der Waals surface area contributed by atoms with E-state index >= 15 is 0 Å². The third kappa shape index (κ3) is 3.44. The Labute approximate surface area is 115 Å².